The normalized spacial score (nSPS) is 19.8. The number of methoxy groups -OCH3 is 1. The van der Waals surface area contributed by atoms with Crippen LogP contribution < -0.4 is 15.4 Å². The number of carbonyl (C=O) groups excluding carboxylic acids is 1. The van der Waals surface area contributed by atoms with Gasteiger partial charge in [-0.1, -0.05) is 0 Å². The Hall–Kier alpha value is -1.75. The summed E-state index contributed by atoms with van der Waals surface area (Å²) in [5.41, 5.74) is 6.25. The standard InChI is InChI=1S/C11H14N2O3/c1-15-9-4-2-8(3-5-9)13-7-10(6-12)16-11(13)14/h2-5,10H,6-7,12H2,1H3/t10-/m1/s1. The molecule has 1 atom stereocenters. The number of benzene rings is 1. The van der Waals surface area contributed by atoms with E-state index in [1.165, 1.54) is 0 Å². The first-order chi connectivity index (χ1) is 7.74. The first-order valence-electron chi connectivity index (χ1n) is 5.07. The molecule has 0 spiro atoms. The maximum atomic E-state index is 11.5. The van der Waals surface area contributed by atoms with Gasteiger partial charge in [-0.25, -0.2) is 4.79 Å². The minimum absolute atomic E-state index is 0.213. The largest absolute Gasteiger partial charge is 0.497 e. The van der Waals surface area contributed by atoms with Crippen LogP contribution in [0.25, 0.3) is 0 Å². The zero-order chi connectivity index (χ0) is 11.5. The molecule has 2 rings (SSSR count). The van der Waals surface area contributed by atoms with Crippen molar-refractivity contribution in [1.82, 2.24) is 0 Å². The number of cyclic esters (lactones) is 1. The van der Waals surface area contributed by atoms with E-state index in [4.69, 9.17) is 15.2 Å². The van der Waals surface area contributed by atoms with Gasteiger partial charge in [-0.05, 0) is 24.3 Å². The number of nitrogens with zero attached hydrogens (tertiary/aromatic N) is 1. The molecule has 1 aromatic carbocycles. The van der Waals surface area contributed by atoms with Crippen molar-refractivity contribution < 1.29 is 14.3 Å². The van der Waals surface area contributed by atoms with Crippen molar-refractivity contribution in [2.24, 2.45) is 5.73 Å². The van der Waals surface area contributed by atoms with Crippen LogP contribution in [-0.4, -0.2) is 32.4 Å². The summed E-state index contributed by atoms with van der Waals surface area (Å²) >= 11 is 0. The molecule has 1 fully saturated rings. The molecule has 1 aromatic rings. The summed E-state index contributed by atoms with van der Waals surface area (Å²) in [6.45, 7) is 0.847. The summed E-state index contributed by atoms with van der Waals surface area (Å²) in [6, 6.07) is 7.24. The molecule has 0 aromatic heterocycles. The second kappa shape index (κ2) is 4.40. The fourth-order valence-electron chi connectivity index (χ4n) is 1.62. The molecular formula is C11H14N2O3. The molecule has 0 aliphatic carbocycles. The van der Waals surface area contributed by atoms with E-state index in [-0.39, 0.29) is 12.2 Å². The van der Waals surface area contributed by atoms with Gasteiger partial charge in [0.1, 0.15) is 11.9 Å². The van der Waals surface area contributed by atoms with Crippen LogP contribution >= 0.6 is 0 Å². The van der Waals surface area contributed by atoms with Crippen LogP contribution in [0.4, 0.5) is 10.5 Å². The quantitative estimate of drug-likeness (QED) is 0.828. The lowest BCUT2D eigenvalue weighted by atomic mass is 10.2. The lowest BCUT2D eigenvalue weighted by Gasteiger charge is -2.12. The fourth-order valence-corrected chi connectivity index (χ4v) is 1.62. The van der Waals surface area contributed by atoms with Gasteiger partial charge in [-0.2, -0.15) is 0 Å². The SMILES string of the molecule is COc1ccc(N2C[C@@H](CN)OC2=O)cc1. The maximum Gasteiger partial charge on any atom is 0.414 e. The highest BCUT2D eigenvalue weighted by Gasteiger charge is 2.31. The predicted molar refractivity (Wildman–Crippen MR) is 59.7 cm³/mol. The number of anilines is 1. The molecule has 86 valence electrons. The summed E-state index contributed by atoms with van der Waals surface area (Å²) in [5.74, 6) is 0.756. The predicted octanol–water partition coefficient (Wildman–Crippen LogP) is 0.979. The third-order valence-corrected chi connectivity index (χ3v) is 2.52. The molecule has 5 heteroatoms. The molecule has 0 unspecified atom stereocenters. The number of ether oxygens (including phenoxy) is 2. The van der Waals surface area contributed by atoms with E-state index >= 15 is 0 Å². The molecule has 1 aliphatic rings. The zero-order valence-electron chi connectivity index (χ0n) is 9.05. The number of carbonyl (C=O) groups is 1. The van der Waals surface area contributed by atoms with E-state index < -0.39 is 0 Å². The maximum absolute atomic E-state index is 11.5. The van der Waals surface area contributed by atoms with Gasteiger partial charge in [0.2, 0.25) is 0 Å². The molecule has 0 radical (unpaired) electrons. The third-order valence-electron chi connectivity index (χ3n) is 2.52. The average Bonchev–Trinajstić information content (AvgIpc) is 2.71. The molecule has 1 heterocycles. The summed E-state index contributed by atoms with van der Waals surface area (Å²) in [4.78, 5) is 13.1. The molecule has 1 saturated heterocycles. The van der Waals surface area contributed by atoms with Crippen molar-refractivity contribution in [3.8, 4) is 5.75 Å². The second-order valence-corrected chi connectivity index (χ2v) is 3.55. The van der Waals surface area contributed by atoms with E-state index in [2.05, 4.69) is 0 Å². The molecule has 2 N–H and O–H groups in total. The van der Waals surface area contributed by atoms with Crippen molar-refractivity contribution in [2.75, 3.05) is 25.1 Å². The molecule has 0 saturated carbocycles. The number of rotatable bonds is 3. The van der Waals surface area contributed by atoms with Gasteiger partial charge in [0.25, 0.3) is 0 Å². The van der Waals surface area contributed by atoms with Crippen LogP contribution in [0.5, 0.6) is 5.75 Å². The fraction of sp³-hybridized carbons (Fsp3) is 0.364. The number of nitrogens with two attached hydrogens (primary N) is 1. The molecule has 16 heavy (non-hydrogen) atoms. The van der Waals surface area contributed by atoms with Gasteiger partial charge < -0.3 is 15.2 Å². The molecule has 1 aliphatic heterocycles. The highest BCUT2D eigenvalue weighted by atomic mass is 16.6. The van der Waals surface area contributed by atoms with Crippen molar-refractivity contribution in [2.45, 2.75) is 6.10 Å². The Morgan fingerprint density at radius 1 is 1.50 bits per heavy atom. The molecule has 5 nitrogen and oxygen atoms in total. The lowest BCUT2D eigenvalue weighted by Crippen LogP contribution is -2.27. The van der Waals surface area contributed by atoms with Crippen LogP contribution in [0.2, 0.25) is 0 Å². The van der Waals surface area contributed by atoms with Crippen LogP contribution in [0.1, 0.15) is 0 Å². The first kappa shape index (κ1) is 10.8. The average molecular weight is 222 g/mol. The minimum atomic E-state index is -0.347. The molecular weight excluding hydrogens is 208 g/mol. The monoisotopic (exact) mass is 222 g/mol. The first-order valence-corrected chi connectivity index (χ1v) is 5.07. The van der Waals surface area contributed by atoms with E-state index in [0.29, 0.717) is 13.1 Å². The second-order valence-electron chi connectivity index (χ2n) is 3.55. The van der Waals surface area contributed by atoms with Crippen LogP contribution in [0.3, 0.4) is 0 Å². The van der Waals surface area contributed by atoms with Gasteiger partial charge in [0.15, 0.2) is 0 Å². The van der Waals surface area contributed by atoms with E-state index in [9.17, 15) is 4.79 Å². The minimum Gasteiger partial charge on any atom is -0.497 e. The smallest absolute Gasteiger partial charge is 0.414 e. The van der Waals surface area contributed by atoms with Crippen LogP contribution in [-0.2, 0) is 4.74 Å². The molecule has 1 amide bonds. The number of hydrogen-bond acceptors (Lipinski definition) is 4. The van der Waals surface area contributed by atoms with Gasteiger partial charge >= 0.3 is 6.09 Å². The van der Waals surface area contributed by atoms with Gasteiger partial charge in [0.05, 0.1) is 13.7 Å². The zero-order valence-corrected chi connectivity index (χ0v) is 9.05. The Bertz CT molecular complexity index is 377. The van der Waals surface area contributed by atoms with Crippen LogP contribution in [0.15, 0.2) is 24.3 Å². The summed E-state index contributed by atoms with van der Waals surface area (Å²) in [5, 5.41) is 0. The molecule has 0 bridgehead atoms. The topological polar surface area (TPSA) is 64.8 Å². The van der Waals surface area contributed by atoms with E-state index in [0.717, 1.165) is 11.4 Å². The van der Waals surface area contributed by atoms with Crippen molar-refractivity contribution in [3.05, 3.63) is 24.3 Å². The Labute approximate surface area is 93.7 Å². The van der Waals surface area contributed by atoms with Crippen LogP contribution in [0, 0.1) is 0 Å². The highest BCUT2D eigenvalue weighted by molar-refractivity contribution is 5.89. The van der Waals surface area contributed by atoms with Crippen molar-refractivity contribution >= 4 is 11.8 Å². The summed E-state index contributed by atoms with van der Waals surface area (Å²) in [6.07, 6.45) is -0.560. The number of amides is 1. The highest BCUT2D eigenvalue weighted by Crippen LogP contribution is 2.23. The summed E-state index contributed by atoms with van der Waals surface area (Å²) in [7, 11) is 1.60. The van der Waals surface area contributed by atoms with Crippen molar-refractivity contribution in [1.29, 1.82) is 0 Å². The lowest BCUT2D eigenvalue weighted by molar-refractivity contribution is 0.145. The Balaban J connectivity index is 2.15. The number of hydrogen-bond donors (Lipinski definition) is 1. The van der Waals surface area contributed by atoms with E-state index in [1.807, 2.05) is 12.1 Å². The Kier molecular flexibility index (Phi) is 2.96. The summed E-state index contributed by atoms with van der Waals surface area (Å²) < 4.78 is 10.1. The Morgan fingerprint density at radius 2 is 2.19 bits per heavy atom. The van der Waals surface area contributed by atoms with E-state index in [1.54, 1.807) is 24.1 Å². The van der Waals surface area contributed by atoms with Crippen molar-refractivity contribution in [3.63, 3.8) is 0 Å². The van der Waals surface area contributed by atoms with Gasteiger partial charge in [-0.3, -0.25) is 4.90 Å². The van der Waals surface area contributed by atoms with Gasteiger partial charge in [0, 0.05) is 12.2 Å². The van der Waals surface area contributed by atoms with Gasteiger partial charge in [-0.15, -0.1) is 0 Å². The Morgan fingerprint density at radius 3 is 2.69 bits per heavy atom. The third kappa shape index (κ3) is 1.94.